The van der Waals surface area contributed by atoms with Crippen molar-refractivity contribution in [2.24, 2.45) is 0 Å². The fraction of sp³-hybridized carbons (Fsp3) is 0.125. The molecule has 0 unspecified atom stereocenters. The molecule has 0 saturated heterocycles. The highest BCUT2D eigenvalue weighted by Crippen LogP contribution is 2.23. The SMILES string of the molecule is Cc1cc2ncc(CO)cc2n1-c1ccc(C#N)cc1. The third-order valence-corrected chi connectivity index (χ3v) is 3.33. The number of nitriles is 1. The molecule has 0 aliphatic carbocycles. The normalized spacial score (nSPS) is 10.7. The van der Waals surface area contributed by atoms with Crippen LogP contribution in [0.3, 0.4) is 0 Å². The van der Waals surface area contributed by atoms with Crippen molar-refractivity contribution in [3.63, 3.8) is 0 Å². The Labute approximate surface area is 116 Å². The second-order valence-corrected chi connectivity index (χ2v) is 4.69. The zero-order chi connectivity index (χ0) is 14.1. The predicted molar refractivity (Wildman–Crippen MR) is 76.4 cm³/mol. The molecule has 1 aromatic carbocycles. The van der Waals surface area contributed by atoms with Gasteiger partial charge in [-0.3, -0.25) is 4.98 Å². The summed E-state index contributed by atoms with van der Waals surface area (Å²) in [5.41, 5.74) is 5.31. The van der Waals surface area contributed by atoms with E-state index in [0.717, 1.165) is 28.0 Å². The lowest BCUT2D eigenvalue weighted by Crippen LogP contribution is -1.97. The quantitative estimate of drug-likeness (QED) is 0.773. The molecule has 3 rings (SSSR count). The van der Waals surface area contributed by atoms with E-state index in [2.05, 4.69) is 15.6 Å². The number of hydrogen-bond acceptors (Lipinski definition) is 3. The maximum absolute atomic E-state index is 9.25. The number of hydrogen-bond donors (Lipinski definition) is 1. The molecular formula is C16H13N3O. The average Bonchev–Trinajstić information content (AvgIpc) is 2.82. The summed E-state index contributed by atoms with van der Waals surface area (Å²) in [6, 6.07) is 13.5. The van der Waals surface area contributed by atoms with Crippen LogP contribution >= 0.6 is 0 Å². The molecule has 2 aromatic heterocycles. The number of benzene rings is 1. The van der Waals surface area contributed by atoms with Gasteiger partial charge in [0.15, 0.2) is 0 Å². The van der Waals surface area contributed by atoms with E-state index in [1.54, 1.807) is 18.3 Å². The zero-order valence-electron chi connectivity index (χ0n) is 11.0. The molecule has 0 bridgehead atoms. The van der Waals surface area contributed by atoms with Crippen LogP contribution < -0.4 is 0 Å². The van der Waals surface area contributed by atoms with Gasteiger partial charge in [-0.05, 0) is 48.9 Å². The third-order valence-electron chi connectivity index (χ3n) is 3.33. The van der Waals surface area contributed by atoms with E-state index in [1.807, 2.05) is 31.2 Å². The molecule has 98 valence electrons. The minimum absolute atomic E-state index is 0.0272. The molecule has 1 N–H and O–H groups in total. The van der Waals surface area contributed by atoms with Crippen molar-refractivity contribution >= 4 is 11.0 Å². The molecule has 0 aliphatic rings. The summed E-state index contributed by atoms with van der Waals surface area (Å²) in [6.45, 7) is 1.99. The van der Waals surface area contributed by atoms with Crippen molar-refractivity contribution in [3.8, 4) is 11.8 Å². The van der Waals surface area contributed by atoms with E-state index < -0.39 is 0 Å². The number of fused-ring (bicyclic) bond motifs is 1. The van der Waals surface area contributed by atoms with Gasteiger partial charge in [-0.1, -0.05) is 0 Å². The standard InChI is InChI=1S/C16H13N3O/c1-11-6-15-16(7-13(10-20)9-18-15)19(11)14-4-2-12(8-17)3-5-14/h2-7,9,20H,10H2,1H3. The molecule has 20 heavy (non-hydrogen) atoms. The summed E-state index contributed by atoms with van der Waals surface area (Å²) < 4.78 is 2.07. The van der Waals surface area contributed by atoms with Gasteiger partial charge in [-0.15, -0.1) is 0 Å². The average molecular weight is 263 g/mol. The molecule has 0 radical (unpaired) electrons. The van der Waals surface area contributed by atoms with Crippen LogP contribution in [0.15, 0.2) is 42.6 Å². The first kappa shape index (κ1) is 12.4. The highest BCUT2D eigenvalue weighted by atomic mass is 16.3. The Hall–Kier alpha value is -2.64. The largest absolute Gasteiger partial charge is 0.392 e. The Morgan fingerprint density at radius 1 is 1.25 bits per heavy atom. The Kier molecular flexibility index (Phi) is 2.97. The van der Waals surface area contributed by atoms with Gasteiger partial charge in [0.05, 0.1) is 29.3 Å². The van der Waals surface area contributed by atoms with Gasteiger partial charge in [0.2, 0.25) is 0 Å². The maximum atomic E-state index is 9.25. The van der Waals surface area contributed by atoms with Gasteiger partial charge < -0.3 is 9.67 Å². The second-order valence-electron chi connectivity index (χ2n) is 4.69. The summed E-state index contributed by atoms with van der Waals surface area (Å²) in [6.07, 6.45) is 1.69. The van der Waals surface area contributed by atoms with E-state index in [-0.39, 0.29) is 6.61 Å². The fourth-order valence-corrected chi connectivity index (χ4v) is 2.36. The van der Waals surface area contributed by atoms with Crippen LogP contribution in [-0.2, 0) is 6.61 Å². The van der Waals surface area contributed by atoms with Gasteiger partial charge in [0.25, 0.3) is 0 Å². The Morgan fingerprint density at radius 3 is 2.65 bits per heavy atom. The molecule has 0 amide bonds. The van der Waals surface area contributed by atoms with Crippen LogP contribution in [0.1, 0.15) is 16.8 Å². The van der Waals surface area contributed by atoms with Crippen LogP contribution in [0.5, 0.6) is 0 Å². The lowest BCUT2D eigenvalue weighted by molar-refractivity contribution is 0.281. The van der Waals surface area contributed by atoms with E-state index in [4.69, 9.17) is 5.26 Å². The molecule has 0 spiro atoms. The Balaban J connectivity index is 2.23. The van der Waals surface area contributed by atoms with Crippen molar-refractivity contribution in [2.45, 2.75) is 13.5 Å². The van der Waals surface area contributed by atoms with Crippen LogP contribution in [0.4, 0.5) is 0 Å². The number of aromatic nitrogens is 2. The van der Waals surface area contributed by atoms with Crippen LogP contribution in [0.25, 0.3) is 16.7 Å². The van der Waals surface area contributed by atoms with Crippen molar-refractivity contribution in [3.05, 3.63) is 59.4 Å². The van der Waals surface area contributed by atoms with E-state index >= 15 is 0 Å². The third kappa shape index (κ3) is 1.94. The number of aliphatic hydroxyl groups excluding tert-OH is 1. The number of rotatable bonds is 2. The highest BCUT2D eigenvalue weighted by molar-refractivity contribution is 5.80. The Bertz CT molecular complexity index is 810. The van der Waals surface area contributed by atoms with Crippen molar-refractivity contribution in [1.29, 1.82) is 5.26 Å². The van der Waals surface area contributed by atoms with Crippen LogP contribution in [0, 0.1) is 18.3 Å². The van der Waals surface area contributed by atoms with E-state index in [1.165, 1.54) is 0 Å². The van der Waals surface area contributed by atoms with Gasteiger partial charge in [-0.25, -0.2) is 0 Å². The van der Waals surface area contributed by atoms with Gasteiger partial charge in [-0.2, -0.15) is 5.26 Å². The molecule has 0 atom stereocenters. The first-order valence-corrected chi connectivity index (χ1v) is 6.31. The molecule has 2 heterocycles. The van der Waals surface area contributed by atoms with Gasteiger partial charge in [0, 0.05) is 17.6 Å². The summed E-state index contributed by atoms with van der Waals surface area (Å²) >= 11 is 0. The minimum Gasteiger partial charge on any atom is -0.392 e. The van der Waals surface area contributed by atoms with Crippen LogP contribution in [-0.4, -0.2) is 14.7 Å². The second kappa shape index (κ2) is 4.80. The fourth-order valence-electron chi connectivity index (χ4n) is 2.36. The van der Waals surface area contributed by atoms with Gasteiger partial charge in [0.1, 0.15) is 0 Å². The summed E-state index contributed by atoms with van der Waals surface area (Å²) in [7, 11) is 0. The molecule has 4 nitrogen and oxygen atoms in total. The smallest absolute Gasteiger partial charge is 0.0991 e. The maximum Gasteiger partial charge on any atom is 0.0991 e. The topological polar surface area (TPSA) is 61.8 Å². The van der Waals surface area contributed by atoms with Crippen LogP contribution in [0.2, 0.25) is 0 Å². The van der Waals surface area contributed by atoms with Gasteiger partial charge >= 0.3 is 0 Å². The monoisotopic (exact) mass is 263 g/mol. The Morgan fingerprint density at radius 2 is 2.00 bits per heavy atom. The first-order valence-electron chi connectivity index (χ1n) is 6.31. The van der Waals surface area contributed by atoms with Crippen molar-refractivity contribution in [2.75, 3.05) is 0 Å². The van der Waals surface area contributed by atoms with Crippen molar-refractivity contribution in [1.82, 2.24) is 9.55 Å². The van der Waals surface area contributed by atoms with E-state index in [9.17, 15) is 5.11 Å². The summed E-state index contributed by atoms with van der Waals surface area (Å²) in [5.74, 6) is 0. The van der Waals surface area contributed by atoms with Crippen molar-refractivity contribution < 1.29 is 5.11 Å². The van der Waals surface area contributed by atoms with E-state index in [0.29, 0.717) is 5.56 Å². The molecule has 0 aliphatic heterocycles. The number of nitrogens with zero attached hydrogens (tertiary/aromatic N) is 3. The zero-order valence-corrected chi connectivity index (χ0v) is 11.0. The molecule has 0 fully saturated rings. The lowest BCUT2D eigenvalue weighted by atomic mass is 10.2. The summed E-state index contributed by atoms with van der Waals surface area (Å²) in [4.78, 5) is 4.36. The number of aliphatic hydroxyl groups is 1. The molecular weight excluding hydrogens is 250 g/mol. The highest BCUT2D eigenvalue weighted by Gasteiger charge is 2.09. The molecule has 4 heteroatoms. The predicted octanol–water partition coefficient (Wildman–Crippen LogP) is 2.70. The molecule has 0 saturated carbocycles. The first-order chi connectivity index (χ1) is 9.72. The molecule has 3 aromatic rings. The lowest BCUT2D eigenvalue weighted by Gasteiger charge is -2.08. The number of pyridine rings is 1. The summed E-state index contributed by atoms with van der Waals surface area (Å²) in [5, 5.41) is 18.1. The number of aryl methyl sites for hydroxylation is 1. The minimum atomic E-state index is -0.0272.